The first-order chi connectivity index (χ1) is 6.34. The van der Waals surface area contributed by atoms with Crippen LogP contribution in [0.1, 0.15) is 18.7 Å². The van der Waals surface area contributed by atoms with Crippen molar-refractivity contribution in [2.24, 2.45) is 5.92 Å². The molecule has 13 heavy (non-hydrogen) atoms. The van der Waals surface area contributed by atoms with Gasteiger partial charge in [-0.25, -0.2) is 9.89 Å². The third-order valence-electron chi connectivity index (χ3n) is 2.29. The first kappa shape index (κ1) is 8.87. The molecule has 1 aliphatic heterocycles. The van der Waals surface area contributed by atoms with Crippen LogP contribution in [0.5, 0.6) is 0 Å². The quantitative estimate of drug-likeness (QED) is 0.775. The minimum Gasteiger partial charge on any atom is -0.392 e. The number of hydrogen-bond acceptors (Lipinski definition) is 4. The first-order valence-corrected chi connectivity index (χ1v) is 5.62. The van der Waals surface area contributed by atoms with Crippen LogP contribution in [0.15, 0.2) is 9.21 Å². The van der Waals surface area contributed by atoms with Gasteiger partial charge in [0, 0.05) is 6.42 Å². The number of thioether (sulfide) groups is 1. The molecule has 5 heteroatoms. The summed E-state index contributed by atoms with van der Waals surface area (Å²) in [5.41, 5.74) is 0. The molecule has 72 valence electrons. The fraction of sp³-hybridized carbons (Fsp3) is 0.750. The number of rotatable bonds is 2. The second kappa shape index (κ2) is 4.00. The van der Waals surface area contributed by atoms with Crippen LogP contribution in [-0.2, 0) is 6.42 Å². The van der Waals surface area contributed by atoms with Gasteiger partial charge in [0.25, 0.3) is 0 Å². The third-order valence-corrected chi connectivity index (χ3v) is 3.34. The number of aromatic amines is 1. The van der Waals surface area contributed by atoms with Gasteiger partial charge in [-0.3, -0.25) is 0 Å². The summed E-state index contributed by atoms with van der Waals surface area (Å²) in [6, 6.07) is 0. The summed E-state index contributed by atoms with van der Waals surface area (Å²) < 4.78 is 4.86. The average Bonchev–Trinajstić information content (AvgIpc) is 2.53. The number of aromatic nitrogens is 2. The Hall–Kier alpha value is -0.710. The Morgan fingerprint density at radius 3 is 2.92 bits per heavy atom. The Balaban J connectivity index is 1.93. The Morgan fingerprint density at radius 1 is 1.54 bits per heavy atom. The molecule has 1 saturated heterocycles. The normalized spacial score (nSPS) is 19.1. The Labute approximate surface area is 80.1 Å². The van der Waals surface area contributed by atoms with Gasteiger partial charge in [-0.1, -0.05) is 0 Å². The molecule has 2 rings (SSSR count). The molecular formula is C8H12N2O2S. The zero-order valence-corrected chi connectivity index (χ0v) is 8.10. The summed E-state index contributed by atoms with van der Waals surface area (Å²) in [4.78, 5) is 10.6. The van der Waals surface area contributed by atoms with E-state index >= 15 is 0 Å². The maximum atomic E-state index is 10.6. The fourth-order valence-corrected chi connectivity index (χ4v) is 2.75. The lowest BCUT2D eigenvalue weighted by Crippen LogP contribution is -2.12. The zero-order chi connectivity index (χ0) is 9.10. The molecule has 1 aliphatic rings. The molecule has 1 N–H and O–H groups in total. The summed E-state index contributed by atoms with van der Waals surface area (Å²) in [6.45, 7) is 0. The largest absolute Gasteiger partial charge is 0.434 e. The topological polar surface area (TPSA) is 58.9 Å². The molecule has 0 spiro atoms. The van der Waals surface area contributed by atoms with Crippen molar-refractivity contribution in [3.05, 3.63) is 16.4 Å². The molecule has 4 nitrogen and oxygen atoms in total. The molecule has 0 radical (unpaired) electrons. The van der Waals surface area contributed by atoms with Crippen molar-refractivity contribution in [2.45, 2.75) is 19.3 Å². The van der Waals surface area contributed by atoms with Crippen molar-refractivity contribution >= 4 is 11.8 Å². The second-order valence-corrected chi connectivity index (χ2v) is 4.49. The van der Waals surface area contributed by atoms with Gasteiger partial charge in [0.05, 0.1) is 0 Å². The molecule has 0 aromatic carbocycles. The number of nitrogens with one attached hydrogen (secondary N) is 1. The monoisotopic (exact) mass is 200 g/mol. The van der Waals surface area contributed by atoms with Gasteiger partial charge >= 0.3 is 5.76 Å². The van der Waals surface area contributed by atoms with E-state index in [9.17, 15) is 4.79 Å². The van der Waals surface area contributed by atoms with Gasteiger partial charge in [-0.05, 0) is 30.3 Å². The highest BCUT2D eigenvalue weighted by molar-refractivity contribution is 7.99. The van der Waals surface area contributed by atoms with Crippen molar-refractivity contribution in [3.63, 3.8) is 0 Å². The van der Waals surface area contributed by atoms with E-state index in [4.69, 9.17) is 4.42 Å². The smallest absolute Gasteiger partial charge is 0.392 e. The maximum Gasteiger partial charge on any atom is 0.434 e. The van der Waals surface area contributed by atoms with Gasteiger partial charge in [-0.15, -0.1) is 5.10 Å². The van der Waals surface area contributed by atoms with E-state index in [-0.39, 0.29) is 0 Å². The summed E-state index contributed by atoms with van der Waals surface area (Å²) in [5.74, 6) is 3.20. The van der Waals surface area contributed by atoms with Crippen LogP contribution in [0.4, 0.5) is 0 Å². The lowest BCUT2D eigenvalue weighted by atomic mass is 9.99. The molecule has 0 bridgehead atoms. The lowest BCUT2D eigenvalue weighted by molar-refractivity contribution is 0.395. The van der Waals surface area contributed by atoms with Crippen LogP contribution >= 0.6 is 11.8 Å². The van der Waals surface area contributed by atoms with E-state index in [0.717, 1.165) is 6.42 Å². The third kappa shape index (κ3) is 2.37. The van der Waals surface area contributed by atoms with E-state index < -0.39 is 5.76 Å². The van der Waals surface area contributed by atoms with Crippen molar-refractivity contribution < 1.29 is 4.42 Å². The molecule has 1 fully saturated rings. The van der Waals surface area contributed by atoms with Crippen LogP contribution in [0, 0.1) is 5.92 Å². The minimum atomic E-state index is -0.444. The van der Waals surface area contributed by atoms with Gasteiger partial charge in [0.15, 0.2) is 0 Å². The predicted molar refractivity (Wildman–Crippen MR) is 50.9 cm³/mol. The van der Waals surface area contributed by atoms with Gasteiger partial charge in [0.2, 0.25) is 5.89 Å². The standard InChI is InChI=1S/C8H12N2O2S/c11-8-10-9-7(12-8)5-6-1-3-13-4-2-6/h6H,1-5H2,(H,10,11). The average molecular weight is 200 g/mol. The van der Waals surface area contributed by atoms with Crippen molar-refractivity contribution in [3.8, 4) is 0 Å². The summed E-state index contributed by atoms with van der Waals surface area (Å²) in [5, 5.41) is 6.08. The van der Waals surface area contributed by atoms with Crippen LogP contribution in [-0.4, -0.2) is 21.7 Å². The summed E-state index contributed by atoms with van der Waals surface area (Å²) in [6.07, 6.45) is 3.22. The van der Waals surface area contributed by atoms with E-state index in [1.54, 1.807) is 0 Å². The zero-order valence-electron chi connectivity index (χ0n) is 7.28. The molecule has 2 heterocycles. The Bertz CT molecular complexity index is 314. The molecule has 0 amide bonds. The Morgan fingerprint density at radius 2 is 2.31 bits per heavy atom. The van der Waals surface area contributed by atoms with Crippen molar-refractivity contribution in [1.82, 2.24) is 10.2 Å². The van der Waals surface area contributed by atoms with Crippen LogP contribution in [0.3, 0.4) is 0 Å². The first-order valence-electron chi connectivity index (χ1n) is 4.47. The predicted octanol–water partition coefficient (Wildman–Crippen LogP) is 1.05. The van der Waals surface area contributed by atoms with Crippen LogP contribution in [0.2, 0.25) is 0 Å². The molecule has 1 aromatic rings. The van der Waals surface area contributed by atoms with E-state index in [0.29, 0.717) is 11.8 Å². The number of H-pyrrole nitrogens is 1. The maximum absolute atomic E-state index is 10.6. The highest BCUT2D eigenvalue weighted by Crippen LogP contribution is 2.24. The molecule has 0 atom stereocenters. The molecule has 0 aliphatic carbocycles. The van der Waals surface area contributed by atoms with Gasteiger partial charge in [-0.2, -0.15) is 11.8 Å². The van der Waals surface area contributed by atoms with Crippen molar-refractivity contribution in [1.29, 1.82) is 0 Å². The molecule has 0 unspecified atom stereocenters. The number of hydrogen-bond donors (Lipinski definition) is 1. The van der Waals surface area contributed by atoms with E-state index in [1.807, 2.05) is 11.8 Å². The van der Waals surface area contributed by atoms with E-state index in [1.165, 1.54) is 24.3 Å². The van der Waals surface area contributed by atoms with Crippen LogP contribution in [0.25, 0.3) is 0 Å². The molecule has 0 saturated carbocycles. The van der Waals surface area contributed by atoms with E-state index in [2.05, 4.69) is 10.2 Å². The fourth-order valence-electron chi connectivity index (χ4n) is 1.55. The van der Waals surface area contributed by atoms with Gasteiger partial charge in [0.1, 0.15) is 0 Å². The molecule has 1 aromatic heterocycles. The van der Waals surface area contributed by atoms with Crippen molar-refractivity contribution in [2.75, 3.05) is 11.5 Å². The highest BCUT2D eigenvalue weighted by Gasteiger charge is 2.16. The van der Waals surface area contributed by atoms with Crippen LogP contribution < -0.4 is 5.76 Å². The SMILES string of the molecule is O=c1[nH]nc(CC2CCSCC2)o1. The second-order valence-electron chi connectivity index (χ2n) is 3.27. The summed E-state index contributed by atoms with van der Waals surface area (Å²) in [7, 11) is 0. The number of nitrogens with zero attached hydrogens (tertiary/aromatic N) is 1. The lowest BCUT2D eigenvalue weighted by Gasteiger charge is -2.19. The van der Waals surface area contributed by atoms with Gasteiger partial charge < -0.3 is 4.42 Å². The Kier molecular flexibility index (Phi) is 2.73. The minimum absolute atomic E-state index is 0.444. The highest BCUT2D eigenvalue weighted by atomic mass is 32.2. The summed E-state index contributed by atoms with van der Waals surface area (Å²) >= 11 is 1.99. The molecular weight excluding hydrogens is 188 g/mol.